The summed E-state index contributed by atoms with van der Waals surface area (Å²) in [7, 11) is 3.27. The minimum Gasteiger partial charge on any atom is -0.493 e. The van der Waals surface area contributed by atoms with Gasteiger partial charge < -0.3 is 15.2 Å². The molecule has 16 heavy (non-hydrogen) atoms. The van der Waals surface area contributed by atoms with Gasteiger partial charge in [-0.15, -0.1) is 0 Å². The van der Waals surface area contributed by atoms with Gasteiger partial charge in [-0.1, -0.05) is 6.92 Å². The molecule has 1 rings (SSSR count). The third-order valence-corrected chi connectivity index (χ3v) is 3.49. The first-order chi connectivity index (χ1) is 7.56. The number of methoxy groups -OCH3 is 2. The van der Waals surface area contributed by atoms with E-state index in [2.05, 4.69) is 22.9 Å². The predicted molar refractivity (Wildman–Crippen MR) is 69.5 cm³/mol. The van der Waals surface area contributed by atoms with E-state index in [1.165, 1.54) is 5.56 Å². The molecule has 0 saturated heterocycles. The van der Waals surface area contributed by atoms with Gasteiger partial charge in [0.15, 0.2) is 11.5 Å². The van der Waals surface area contributed by atoms with Crippen molar-refractivity contribution < 1.29 is 9.47 Å². The van der Waals surface area contributed by atoms with Crippen LogP contribution < -0.4 is 15.2 Å². The predicted octanol–water partition coefficient (Wildman–Crippen LogP) is 2.84. The van der Waals surface area contributed by atoms with Crippen molar-refractivity contribution in [1.82, 2.24) is 0 Å². The van der Waals surface area contributed by atoms with Crippen molar-refractivity contribution in [3.05, 3.63) is 21.7 Å². The minimum atomic E-state index is 0.286. The lowest BCUT2D eigenvalue weighted by Crippen LogP contribution is -2.11. The van der Waals surface area contributed by atoms with Crippen LogP contribution >= 0.6 is 15.9 Å². The number of hydrogen-bond acceptors (Lipinski definition) is 3. The van der Waals surface area contributed by atoms with E-state index in [0.29, 0.717) is 6.54 Å². The Labute approximate surface area is 105 Å². The van der Waals surface area contributed by atoms with Gasteiger partial charge in [-0.2, -0.15) is 0 Å². The number of benzene rings is 1. The number of nitrogens with two attached hydrogens (primary N) is 1. The Kier molecular flexibility index (Phi) is 4.62. The molecule has 0 radical (unpaired) electrons. The Morgan fingerprint density at radius 2 is 2.00 bits per heavy atom. The second kappa shape index (κ2) is 5.55. The molecular weight excluding hydrogens is 270 g/mol. The largest absolute Gasteiger partial charge is 0.493 e. The summed E-state index contributed by atoms with van der Waals surface area (Å²) in [6.45, 7) is 4.75. The van der Waals surface area contributed by atoms with E-state index in [0.717, 1.165) is 21.5 Å². The van der Waals surface area contributed by atoms with Crippen molar-refractivity contribution in [3.8, 4) is 11.5 Å². The van der Waals surface area contributed by atoms with Crippen LogP contribution in [0.4, 0.5) is 0 Å². The van der Waals surface area contributed by atoms with Crippen LogP contribution in [0.5, 0.6) is 11.5 Å². The molecule has 0 aliphatic heterocycles. The molecule has 0 bridgehead atoms. The number of aryl methyl sites for hydroxylation is 1. The van der Waals surface area contributed by atoms with Gasteiger partial charge in [0.2, 0.25) is 0 Å². The molecule has 0 amide bonds. The summed E-state index contributed by atoms with van der Waals surface area (Å²) in [5.41, 5.74) is 8.05. The summed E-state index contributed by atoms with van der Waals surface area (Å²) >= 11 is 3.56. The van der Waals surface area contributed by atoms with Crippen LogP contribution in [0, 0.1) is 6.92 Å². The van der Waals surface area contributed by atoms with Crippen LogP contribution in [0.3, 0.4) is 0 Å². The topological polar surface area (TPSA) is 44.5 Å². The van der Waals surface area contributed by atoms with Gasteiger partial charge in [0.25, 0.3) is 0 Å². The van der Waals surface area contributed by atoms with Gasteiger partial charge >= 0.3 is 0 Å². The number of rotatable bonds is 4. The smallest absolute Gasteiger partial charge is 0.175 e. The highest BCUT2D eigenvalue weighted by molar-refractivity contribution is 9.10. The van der Waals surface area contributed by atoms with Crippen molar-refractivity contribution in [2.24, 2.45) is 5.73 Å². The first-order valence-corrected chi connectivity index (χ1v) is 5.97. The Balaban J connectivity index is 3.40. The van der Waals surface area contributed by atoms with Gasteiger partial charge in [0.05, 0.1) is 18.7 Å². The average Bonchev–Trinajstić information content (AvgIpc) is 2.27. The lowest BCUT2D eigenvalue weighted by molar-refractivity contribution is 0.352. The Morgan fingerprint density at radius 1 is 1.38 bits per heavy atom. The second-order valence-corrected chi connectivity index (χ2v) is 4.59. The van der Waals surface area contributed by atoms with Crippen molar-refractivity contribution in [3.63, 3.8) is 0 Å². The molecule has 1 unspecified atom stereocenters. The molecule has 0 spiro atoms. The van der Waals surface area contributed by atoms with Crippen molar-refractivity contribution >= 4 is 15.9 Å². The van der Waals surface area contributed by atoms with Crippen molar-refractivity contribution in [2.45, 2.75) is 19.8 Å². The maximum absolute atomic E-state index is 5.71. The molecular formula is C12H18BrNO2. The summed E-state index contributed by atoms with van der Waals surface area (Å²) in [4.78, 5) is 0. The molecule has 3 nitrogen and oxygen atoms in total. The summed E-state index contributed by atoms with van der Waals surface area (Å²) < 4.78 is 11.6. The zero-order chi connectivity index (χ0) is 12.3. The lowest BCUT2D eigenvalue weighted by atomic mass is 9.96. The molecule has 1 aromatic rings. The quantitative estimate of drug-likeness (QED) is 0.926. The molecule has 1 atom stereocenters. The van der Waals surface area contributed by atoms with Gasteiger partial charge in [0.1, 0.15) is 0 Å². The van der Waals surface area contributed by atoms with Crippen LogP contribution in [0.1, 0.15) is 24.0 Å². The zero-order valence-corrected chi connectivity index (χ0v) is 11.7. The highest BCUT2D eigenvalue weighted by atomic mass is 79.9. The molecule has 0 aromatic heterocycles. The van der Waals surface area contributed by atoms with E-state index in [1.807, 2.05) is 13.0 Å². The zero-order valence-electron chi connectivity index (χ0n) is 10.1. The average molecular weight is 288 g/mol. The van der Waals surface area contributed by atoms with E-state index in [4.69, 9.17) is 15.2 Å². The normalized spacial score (nSPS) is 12.4. The van der Waals surface area contributed by atoms with Crippen LogP contribution in [0.25, 0.3) is 0 Å². The Morgan fingerprint density at radius 3 is 2.44 bits per heavy atom. The lowest BCUT2D eigenvalue weighted by Gasteiger charge is -2.19. The Bertz CT molecular complexity index is 380. The van der Waals surface area contributed by atoms with E-state index >= 15 is 0 Å². The maximum Gasteiger partial charge on any atom is 0.175 e. The molecule has 0 aliphatic carbocycles. The standard InChI is InChI=1S/C12H18BrNO2/c1-7-5-9(15-3)12(16-4)11(13)10(7)8(2)6-14/h5,8H,6,14H2,1-4H3. The van der Waals surface area contributed by atoms with Crippen LogP contribution in [0.15, 0.2) is 10.5 Å². The molecule has 0 fully saturated rings. The van der Waals surface area contributed by atoms with Gasteiger partial charge in [0, 0.05) is 0 Å². The third kappa shape index (κ3) is 2.33. The molecule has 4 heteroatoms. The van der Waals surface area contributed by atoms with Crippen molar-refractivity contribution in [1.29, 1.82) is 0 Å². The summed E-state index contributed by atoms with van der Waals surface area (Å²) in [6.07, 6.45) is 0. The highest BCUT2D eigenvalue weighted by Crippen LogP contribution is 2.42. The second-order valence-electron chi connectivity index (χ2n) is 3.79. The number of hydrogen-bond donors (Lipinski definition) is 1. The summed E-state index contributed by atoms with van der Waals surface area (Å²) in [6, 6.07) is 1.98. The summed E-state index contributed by atoms with van der Waals surface area (Å²) in [5.74, 6) is 1.75. The molecule has 90 valence electrons. The molecule has 0 aliphatic rings. The fourth-order valence-corrected chi connectivity index (χ4v) is 2.87. The molecule has 0 heterocycles. The van der Waals surface area contributed by atoms with Crippen molar-refractivity contribution in [2.75, 3.05) is 20.8 Å². The molecule has 1 aromatic carbocycles. The fraction of sp³-hybridized carbons (Fsp3) is 0.500. The van der Waals surface area contributed by atoms with E-state index < -0.39 is 0 Å². The van der Waals surface area contributed by atoms with Gasteiger partial charge in [-0.25, -0.2) is 0 Å². The SMILES string of the molecule is COc1cc(C)c(C(C)CN)c(Br)c1OC. The summed E-state index contributed by atoms with van der Waals surface area (Å²) in [5, 5.41) is 0. The number of ether oxygens (including phenoxy) is 2. The third-order valence-electron chi connectivity index (χ3n) is 2.70. The van der Waals surface area contributed by atoms with E-state index in [-0.39, 0.29) is 5.92 Å². The van der Waals surface area contributed by atoms with Gasteiger partial charge in [-0.3, -0.25) is 0 Å². The molecule has 2 N–H and O–H groups in total. The molecule has 0 saturated carbocycles. The highest BCUT2D eigenvalue weighted by Gasteiger charge is 2.19. The van der Waals surface area contributed by atoms with Crippen LogP contribution in [-0.4, -0.2) is 20.8 Å². The van der Waals surface area contributed by atoms with E-state index in [1.54, 1.807) is 14.2 Å². The van der Waals surface area contributed by atoms with E-state index in [9.17, 15) is 0 Å². The first-order valence-electron chi connectivity index (χ1n) is 5.17. The first kappa shape index (κ1) is 13.3. The minimum absolute atomic E-state index is 0.286. The maximum atomic E-state index is 5.71. The van der Waals surface area contributed by atoms with Crippen LogP contribution in [-0.2, 0) is 0 Å². The fourth-order valence-electron chi connectivity index (χ4n) is 1.81. The van der Waals surface area contributed by atoms with Gasteiger partial charge in [-0.05, 0) is 52.5 Å². The number of halogens is 1. The monoisotopic (exact) mass is 287 g/mol. The van der Waals surface area contributed by atoms with Crippen LogP contribution in [0.2, 0.25) is 0 Å². The Hall–Kier alpha value is -0.740.